The number of carbonyl (C=O) groups is 1. The van der Waals surface area contributed by atoms with Gasteiger partial charge in [-0.15, -0.1) is 24.5 Å². The van der Waals surface area contributed by atoms with E-state index in [9.17, 15) is 22.4 Å². The molecule has 0 fully saturated rings. The summed E-state index contributed by atoms with van der Waals surface area (Å²) in [7, 11) is 1.32. The maximum atomic E-state index is 14.1. The molecule has 2 N–H and O–H groups in total. The second kappa shape index (κ2) is 10.9. The number of anilines is 1. The maximum absolute atomic E-state index is 14.1. The number of carboxylic acids is 1. The lowest BCUT2D eigenvalue weighted by molar-refractivity contribution is -0.274. The molecule has 1 aliphatic rings. The number of benzene rings is 2. The minimum atomic E-state index is -4.85. The first-order valence-electron chi connectivity index (χ1n) is 11.4. The second-order valence-corrected chi connectivity index (χ2v) is 11.1. The van der Waals surface area contributed by atoms with Crippen molar-refractivity contribution < 1.29 is 36.9 Å². The molecular formula is C26H24F4N2O4S2. The minimum Gasteiger partial charge on any atom is -0.495 e. The average Bonchev–Trinajstić information content (AvgIpc) is 3.31. The summed E-state index contributed by atoms with van der Waals surface area (Å²) < 4.78 is 66.3. The highest BCUT2D eigenvalue weighted by Gasteiger charge is 2.33. The van der Waals surface area contributed by atoms with E-state index in [4.69, 9.17) is 9.84 Å². The van der Waals surface area contributed by atoms with Crippen molar-refractivity contribution in [1.29, 1.82) is 0 Å². The number of hydrogen-bond donors (Lipinski definition) is 2. The van der Waals surface area contributed by atoms with Gasteiger partial charge in [-0.3, -0.25) is 0 Å². The normalized spacial score (nSPS) is 15.1. The van der Waals surface area contributed by atoms with Crippen LogP contribution < -0.4 is 14.2 Å². The Bertz CT molecular complexity index is 1390. The Balaban J connectivity index is 1.57. The van der Waals surface area contributed by atoms with Gasteiger partial charge in [-0.05, 0) is 42.4 Å². The van der Waals surface area contributed by atoms with Gasteiger partial charge in [-0.1, -0.05) is 32.1 Å². The maximum Gasteiger partial charge on any atom is 0.573 e. The zero-order valence-electron chi connectivity index (χ0n) is 20.6. The van der Waals surface area contributed by atoms with Gasteiger partial charge in [0.25, 0.3) is 0 Å². The molecule has 0 atom stereocenters. The third-order valence-corrected chi connectivity index (χ3v) is 7.82. The largest absolute Gasteiger partial charge is 0.573 e. The lowest BCUT2D eigenvalue weighted by Crippen LogP contribution is -2.19. The molecule has 0 bridgehead atoms. The van der Waals surface area contributed by atoms with Crippen LogP contribution in [0.2, 0.25) is 0 Å². The molecule has 202 valence electrons. The van der Waals surface area contributed by atoms with Gasteiger partial charge in [0.2, 0.25) is 0 Å². The van der Waals surface area contributed by atoms with Crippen LogP contribution in [0, 0.1) is 11.2 Å². The van der Waals surface area contributed by atoms with E-state index in [1.807, 2.05) is 6.08 Å². The Morgan fingerprint density at radius 1 is 1.21 bits per heavy atom. The highest BCUT2D eigenvalue weighted by atomic mass is 32.2. The van der Waals surface area contributed by atoms with Crippen molar-refractivity contribution in [3.63, 3.8) is 0 Å². The van der Waals surface area contributed by atoms with E-state index in [0.717, 1.165) is 42.5 Å². The summed E-state index contributed by atoms with van der Waals surface area (Å²) in [5.41, 5.74) is 1.46. The SMILES string of the molecule is COc1cc(C(=O)O)c(F)cc1NSc1csc(-c2ccc(C3=CCC(C)(C)CC3)c(OC(F)(F)F)c2)n1. The van der Waals surface area contributed by atoms with Gasteiger partial charge in [0.15, 0.2) is 0 Å². The summed E-state index contributed by atoms with van der Waals surface area (Å²) in [5, 5.41) is 11.7. The van der Waals surface area contributed by atoms with Crippen LogP contribution in [0.25, 0.3) is 16.1 Å². The third-order valence-electron chi connectivity index (χ3n) is 6.04. The molecule has 0 spiro atoms. The van der Waals surface area contributed by atoms with E-state index in [0.29, 0.717) is 27.6 Å². The fourth-order valence-corrected chi connectivity index (χ4v) is 5.55. The second-order valence-electron chi connectivity index (χ2n) is 9.39. The van der Waals surface area contributed by atoms with Crippen LogP contribution in [0.1, 0.15) is 49.0 Å². The summed E-state index contributed by atoms with van der Waals surface area (Å²) in [5.74, 6) is -2.51. The van der Waals surface area contributed by atoms with E-state index in [1.165, 1.54) is 24.5 Å². The van der Waals surface area contributed by atoms with Crippen LogP contribution >= 0.6 is 23.3 Å². The van der Waals surface area contributed by atoms with Crippen molar-refractivity contribution in [2.45, 2.75) is 44.5 Å². The van der Waals surface area contributed by atoms with Crippen molar-refractivity contribution in [1.82, 2.24) is 4.98 Å². The number of methoxy groups -OCH3 is 1. The standard InChI is InChI=1S/C26H24F4N2O4S2/c1-25(2)8-6-14(7-9-25)16-5-4-15(10-20(16)36-26(28,29)30)23-31-22(13-37-23)38-32-19-12-18(27)17(24(33)34)11-21(19)35-3/h4-6,10-13,32H,7-9H2,1-3H3,(H,33,34). The van der Waals surface area contributed by atoms with Crippen LogP contribution in [0.15, 0.2) is 46.8 Å². The van der Waals surface area contributed by atoms with Crippen molar-refractivity contribution in [2.24, 2.45) is 5.41 Å². The Hall–Kier alpha value is -3.25. The molecule has 38 heavy (non-hydrogen) atoms. The number of thiazole rings is 1. The van der Waals surface area contributed by atoms with Crippen LogP contribution in [-0.2, 0) is 0 Å². The molecule has 1 aliphatic carbocycles. The predicted molar refractivity (Wildman–Crippen MR) is 139 cm³/mol. The summed E-state index contributed by atoms with van der Waals surface area (Å²) in [4.78, 5) is 15.6. The first-order valence-corrected chi connectivity index (χ1v) is 13.1. The lowest BCUT2D eigenvalue weighted by atomic mass is 9.77. The summed E-state index contributed by atoms with van der Waals surface area (Å²) in [6.45, 7) is 4.25. The first kappa shape index (κ1) is 27.8. The summed E-state index contributed by atoms with van der Waals surface area (Å²) in [6.07, 6.45) is -0.587. The number of nitrogens with zero attached hydrogens (tertiary/aromatic N) is 1. The van der Waals surface area contributed by atoms with Crippen molar-refractivity contribution in [2.75, 3.05) is 11.8 Å². The smallest absolute Gasteiger partial charge is 0.495 e. The van der Waals surface area contributed by atoms with Crippen LogP contribution in [0.5, 0.6) is 11.5 Å². The number of aromatic carboxylic acids is 1. The number of aromatic nitrogens is 1. The summed E-state index contributed by atoms with van der Waals surface area (Å²) >= 11 is 2.23. The van der Waals surface area contributed by atoms with Gasteiger partial charge in [-0.2, -0.15) is 0 Å². The number of allylic oxidation sites excluding steroid dienone is 2. The van der Waals surface area contributed by atoms with Crippen LogP contribution in [0.3, 0.4) is 0 Å². The number of halogens is 4. The fraction of sp³-hybridized carbons (Fsp3) is 0.308. The molecule has 6 nitrogen and oxygen atoms in total. The molecule has 0 radical (unpaired) electrons. The molecule has 4 rings (SSSR count). The molecule has 2 aromatic carbocycles. The number of nitrogens with one attached hydrogen (secondary N) is 1. The van der Waals surface area contributed by atoms with E-state index in [-0.39, 0.29) is 22.6 Å². The zero-order valence-corrected chi connectivity index (χ0v) is 22.2. The van der Waals surface area contributed by atoms with E-state index >= 15 is 0 Å². The molecule has 0 amide bonds. The first-order chi connectivity index (χ1) is 17.8. The Labute approximate surface area is 224 Å². The number of ether oxygens (including phenoxy) is 2. The molecule has 0 unspecified atom stereocenters. The van der Waals surface area contributed by atoms with Gasteiger partial charge < -0.3 is 19.3 Å². The molecule has 0 saturated heterocycles. The van der Waals surface area contributed by atoms with Gasteiger partial charge in [0.05, 0.1) is 18.4 Å². The van der Waals surface area contributed by atoms with Gasteiger partial charge >= 0.3 is 12.3 Å². The van der Waals surface area contributed by atoms with E-state index in [1.54, 1.807) is 17.5 Å². The number of hydrogen-bond acceptors (Lipinski definition) is 7. The Morgan fingerprint density at radius 2 is 1.97 bits per heavy atom. The lowest BCUT2D eigenvalue weighted by Gasteiger charge is -2.29. The number of carboxylic acid groups (broad SMARTS) is 1. The van der Waals surface area contributed by atoms with E-state index in [2.05, 4.69) is 28.3 Å². The molecular weight excluding hydrogens is 544 g/mol. The van der Waals surface area contributed by atoms with Gasteiger partial charge in [0, 0.05) is 34.5 Å². The molecule has 1 heterocycles. The molecule has 12 heteroatoms. The van der Waals surface area contributed by atoms with Crippen molar-refractivity contribution in [3.05, 3.63) is 58.7 Å². The van der Waals surface area contributed by atoms with Crippen LogP contribution in [0.4, 0.5) is 23.2 Å². The monoisotopic (exact) mass is 568 g/mol. The van der Waals surface area contributed by atoms with Crippen LogP contribution in [-0.4, -0.2) is 29.5 Å². The van der Waals surface area contributed by atoms with E-state index < -0.39 is 23.7 Å². The molecule has 3 aromatic rings. The fourth-order valence-electron chi connectivity index (χ4n) is 3.96. The molecule has 1 aromatic heterocycles. The Kier molecular flexibility index (Phi) is 7.93. The van der Waals surface area contributed by atoms with Gasteiger partial charge in [0.1, 0.15) is 27.3 Å². The number of rotatable bonds is 8. The quantitative estimate of drug-likeness (QED) is 0.209. The average molecular weight is 569 g/mol. The van der Waals surface area contributed by atoms with Crippen molar-refractivity contribution in [3.8, 4) is 22.1 Å². The zero-order chi connectivity index (χ0) is 27.7. The summed E-state index contributed by atoms with van der Waals surface area (Å²) in [6, 6.07) is 6.75. The number of alkyl halides is 3. The Morgan fingerprint density at radius 3 is 2.61 bits per heavy atom. The molecule has 0 saturated carbocycles. The highest BCUT2D eigenvalue weighted by Crippen LogP contribution is 2.43. The minimum absolute atomic E-state index is 0.103. The third kappa shape index (κ3) is 6.60. The van der Waals surface area contributed by atoms with Gasteiger partial charge in [-0.25, -0.2) is 14.2 Å². The highest BCUT2D eigenvalue weighted by molar-refractivity contribution is 8.00. The predicted octanol–water partition coefficient (Wildman–Crippen LogP) is 8.27. The topological polar surface area (TPSA) is 80.7 Å². The van der Waals surface area contributed by atoms with Crippen molar-refractivity contribution >= 4 is 40.5 Å². The molecule has 0 aliphatic heterocycles.